The first kappa shape index (κ1) is 10.8. The summed E-state index contributed by atoms with van der Waals surface area (Å²) in [5, 5.41) is 2.88. The number of rotatable bonds is 3. The molecule has 0 saturated carbocycles. The van der Waals surface area contributed by atoms with Gasteiger partial charge in [0.15, 0.2) is 0 Å². The second kappa shape index (κ2) is 4.14. The molecule has 0 aromatic carbocycles. The molecule has 0 spiro atoms. The molecule has 1 saturated heterocycles. The molecule has 92 valence electrons. The normalized spacial score (nSPS) is 23.2. The number of hydrogen-bond acceptors (Lipinski definition) is 3. The van der Waals surface area contributed by atoms with Crippen molar-refractivity contribution in [3.63, 3.8) is 0 Å². The van der Waals surface area contributed by atoms with Crippen LogP contribution in [0.2, 0.25) is 0 Å². The molecule has 1 fully saturated rings. The fraction of sp³-hybridized carbons (Fsp3) is 0.667. The van der Waals surface area contributed by atoms with Crippen LogP contribution in [-0.2, 0) is 24.3 Å². The summed E-state index contributed by atoms with van der Waals surface area (Å²) in [6.45, 7) is 2.69. The van der Waals surface area contributed by atoms with Crippen molar-refractivity contribution in [3.05, 3.63) is 17.7 Å². The van der Waals surface area contributed by atoms with Gasteiger partial charge in [0.05, 0.1) is 11.7 Å². The number of nitrogens with zero attached hydrogens (tertiary/aromatic N) is 3. The summed E-state index contributed by atoms with van der Waals surface area (Å²) in [6.07, 6.45) is 5.16. The zero-order valence-electron chi connectivity index (χ0n) is 10.1. The minimum absolute atomic E-state index is 0.0301. The van der Waals surface area contributed by atoms with Gasteiger partial charge in [0.2, 0.25) is 5.91 Å². The highest BCUT2D eigenvalue weighted by atomic mass is 16.2. The molecule has 1 aromatic rings. The van der Waals surface area contributed by atoms with E-state index in [1.807, 2.05) is 13.2 Å². The monoisotopic (exact) mass is 234 g/mol. The SMILES string of the molecule is CN(Cc1cnc2n1CCC2)C1CCNC1=O. The quantitative estimate of drug-likeness (QED) is 0.810. The molecule has 1 N–H and O–H groups in total. The maximum absolute atomic E-state index is 11.6. The van der Waals surface area contributed by atoms with Crippen molar-refractivity contribution in [2.45, 2.75) is 38.4 Å². The van der Waals surface area contributed by atoms with Gasteiger partial charge < -0.3 is 9.88 Å². The van der Waals surface area contributed by atoms with Crippen molar-refractivity contribution >= 4 is 5.91 Å². The van der Waals surface area contributed by atoms with Gasteiger partial charge in [0, 0.05) is 32.3 Å². The second-order valence-corrected chi connectivity index (χ2v) is 4.93. The fourth-order valence-corrected chi connectivity index (χ4v) is 2.82. The first-order chi connectivity index (χ1) is 8.25. The van der Waals surface area contributed by atoms with E-state index in [0.29, 0.717) is 0 Å². The van der Waals surface area contributed by atoms with E-state index in [0.717, 1.165) is 32.5 Å². The Morgan fingerprint density at radius 3 is 3.29 bits per heavy atom. The number of aryl methyl sites for hydroxylation is 1. The number of likely N-dealkylation sites (N-methyl/N-ethyl adjacent to an activating group) is 1. The predicted molar refractivity (Wildman–Crippen MR) is 63.4 cm³/mol. The summed E-state index contributed by atoms with van der Waals surface area (Å²) >= 11 is 0. The van der Waals surface area contributed by atoms with Crippen molar-refractivity contribution in [2.75, 3.05) is 13.6 Å². The van der Waals surface area contributed by atoms with E-state index in [9.17, 15) is 4.79 Å². The number of nitrogens with one attached hydrogen (secondary N) is 1. The van der Waals surface area contributed by atoms with E-state index < -0.39 is 0 Å². The van der Waals surface area contributed by atoms with Crippen LogP contribution in [0.4, 0.5) is 0 Å². The van der Waals surface area contributed by atoms with Crippen molar-refractivity contribution in [1.82, 2.24) is 19.8 Å². The third-order valence-corrected chi connectivity index (χ3v) is 3.77. The number of hydrogen-bond donors (Lipinski definition) is 1. The van der Waals surface area contributed by atoms with Gasteiger partial charge in [-0.1, -0.05) is 0 Å². The van der Waals surface area contributed by atoms with Gasteiger partial charge in [-0.3, -0.25) is 9.69 Å². The van der Waals surface area contributed by atoms with Gasteiger partial charge >= 0.3 is 0 Å². The molecule has 2 aliphatic rings. The molecule has 1 aromatic heterocycles. The standard InChI is InChI=1S/C12H18N4O/c1-15(10-4-5-13-12(10)17)8-9-7-14-11-3-2-6-16(9)11/h7,10H,2-6,8H2,1H3,(H,13,17). The van der Waals surface area contributed by atoms with Gasteiger partial charge in [-0.05, 0) is 19.9 Å². The molecule has 1 atom stereocenters. The number of carbonyl (C=O) groups excluding carboxylic acids is 1. The van der Waals surface area contributed by atoms with Crippen LogP contribution in [0.3, 0.4) is 0 Å². The average Bonchev–Trinajstić information content (AvgIpc) is 2.96. The summed E-state index contributed by atoms with van der Waals surface area (Å²) in [6, 6.07) is 0.0301. The largest absolute Gasteiger partial charge is 0.355 e. The Labute approximate surface area is 101 Å². The molecule has 0 aliphatic carbocycles. The molecule has 5 nitrogen and oxygen atoms in total. The highest BCUT2D eigenvalue weighted by Gasteiger charge is 2.28. The van der Waals surface area contributed by atoms with Crippen LogP contribution in [-0.4, -0.2) is 40.0 Å². The summed E-state index contributed by atoms with van der Waals surface area (Å²) < 4.78 is 2.29. The molecular formula is C12H18N4O. The third kappa shape index (κ3) is 1.84. The number of carbonyl (C=O) groups is 1. The predicted octanol–water partition coefficient (Wildman–Crippen LogP) is 0.150. The van der Waals surface area contributed by atoms with Gasteiger partial charge in [-0.2, -0.15) is 0 Å². The van der Waals surface area contributed by atoms with Gasteiger partial charge in [-0.15, -0.1) is 0 Å². The van der Waals surface area contributed by atoms with Crippen LogP contribution >= 0.6 is 0 Å². The average molecular weight is 234 g/mol. The number of imidazole rings is 1. The van der Waals surface area contributed by atoms with E-state index >= 15 is 0 Å². The Morgan fingerprint density at radius 1 is 1.65 bits per heavy atom. The minimum atomic E-state index is 0.0301. The van der Waals surface area contributed by atoms with Crippen LogP contribution in [0.15, 0.2) is 6.20 Å². The van der Waals surface area contributed by atoms with Crippen LogP contribution in [0.1, 0.15) is 24.4 Å². The Bertz CT molecular complexity index is 440. The second-order valence-electron chi connectivity index (χ2n) is 4.93. The Kier molecular flexibility index (Phi) is 2.63. The third-order valence-electron chi connectivity index (χ3n) is 3.77. The van der Waals surface area contributed by atoms with Gasteiger partial charge in [-0.25, -0.2) is 4.98 Å². The number of fused-ring (bicyclic) bond motifs is 1. The maximum Gasteiger partial charge on any atom is 0.237 e. The van der Waals surface area contributed by atoms with Crippen LogP contribution in [0.25, 0.3) is 0 Å². The Hall–Kier alpha value is -1.36. The lowest BCUT2D eigenvalue weighted by Gasteiger charge is -2.22. The first-order valence-corrected chi connectivity index (χ1v) is 6.27. The van der Waals surface area contributed by atoms with E-state index in [-0.39, 0.29) is 11.9 Å². The van der Waals surface area contributed by atoms with E-state index in [4.69, 9.17) is 0 Å². The van der Waals surface area contributed by atoms with E-state index in [2.05, 4.69) is 19.8 Å². The summed E-state index contributed by atoms with van der Waals surface area (Å²) in [7, 11) is 2.02. The first-order valence-electron chi connectivity index (χ1n) is 6.27. The highest BCUT2D eigenvalue weighted by Crippen LogP contribution is 2.18. The molecule has 5 heteroatoms. The topological polar surface area (TPSA) is 50.2 Å². The summed E-state index contributed by atoms with van der Waals surface area (Å²) in [5.41, 5.74) is 1.24. The summed E-state index contributed by atoms with van der Waals surface area (Å²) in [4.78, 5) is 18.2. The minimum Gasteiger partial charge on any atom is -0.355 e. The zero-order chi connectivity index (χ0) is 11.8. The lowest BCUT2D eigenvalue weighted by atomic mass is 10.2. The van der Waals surface area contributed by atoms with Gasteiger partial charge in [0.25, 0.3) is 0 Å². The maximum atomic E-state index is 11.6. The smallest absolute Gasteiger partial charge is 0.237 e. The molecule has 3 rings (SSSR count). The molecule has 2 aliphatic heterocycles. The molecule has 3 heterocycles. The van der Waals surface area contributed by atoms with Crippen LogP contribution in [0.5, 0.6) is 0 Å². The Morgan fingerprint density at radius 2 is 2.53 bits per heavy atom. The van der Waals surface area contributed by atoms with Crippen LogP contribution < -0.4 is 5.32 Å². The molecular weight excluding hydrogens is 216 g/mol. The van der Waals surface area contributed by atoms with Crippen molar-refractivity contribution in [2.24, 2.45) is 0 Å². The molecule has 17 heavy (non-hydrogen) atoms. The van der Waals surface area contributed by atoms with Crippen molar-refractivity contribution in [1.29, 1.82) is 0 Å². The Balaban J connectivity index is 1.72. The number of aromatic nitrogens is 2. The van der Waals surface area contributed by atoms with Crippen LogP contribution in [0, 0.1) is 0 Å². The number of amides is 1. The van der Waals surface area contributed by atoms with E-state index in [1.165, 1.54) is 17.9 Å². The van der Waals surface area contributed by atoms with Crippen molar-refractivity contribution in [3.8, 4) is 0 Å². The zero-order valence-corrected chi connectivity index (χ0v) is 10.1. The molecule has 1 amide bonds. The fourth-order valence-electron chi connectivity index (χ4n) is 2.82. The van der Waals surface area contributed by atoms with Gasteiger partial charge in [0.1, 0.15) is 5.82 Å². The van der Waals surface area contributed by atoms with E-state index in [1.54, 1.807) is 0 Å². The lowest BCUT2D eigenvalue weighted by molar-refractivity contribution is -0.123. The van der Waals surface area contributed by atoms with Crippen molar-refractivity contribution < 1.29 is 4.79 Å². The summed E-state index contributed by atoms with van der Waals surface area (Å²) in [5.74, 6) is 1.36. The highest BCUT2D eigenvalue weighted by molar-refractivity contribution is 5.83. The molecule has 1 unspecified atom stereocenters. The lowest BCUT2D eigenvalue weighted by Crippen LogP contribution is -2.37. The molecule has 0 radical (unpaired) electrons. The molecule has 0 bridgehead atoms.